The first kappa shape index (κ1) is 8.47. The van der Waals surface area contributed by atoms with Gasteiger partial charge in [0, 0.05) is 6.20 Å². The van der Waals surface area contributed by atoms with Crippen LogP contribution in [0.1, 0.15) is 0 Å². The van der Waals surface area contributed by atoms with Crippen LogP contribution < -0.4 is 0 Å². The van der Waals surface area contributed by atoms with Crippen molar-refractivity contribution in [3.8, 4) is 11.6 Å². The molecular weight excluding hydrogens is 213 g/mol. The minimum absolute atomic E-state index is 0.0618. The average Bonchev–Trinajstić information content (AvgIpc) is 2.53. The van der Waals surface area contributed by atoms with Crippen LogP contribution >= 0.6 is 23.2 Å². The van der Waals surface area contributed by atoms with Gasteiger partial charge in [-0.05, 0) is 28.9 Å². The van der Waals surface area contributed by atoms with Gasteiger partial charge in [-0.3, -0.25) is 0 Å². The van der Waals surface area contributed by atoms with Gasteiger partial charge in [-0.2, -0.15) is 4.98 Å². The molecule has 0 aliphatic rings. The number of rotatable bonds is 1. The second kappa shape index (κ2) is 3.32. The van der Waals surface area contributed by atoms with Crippen molar-refractivity contribution < 1.29 is 4.52 Å². The lowest BCUT2D eigenvalue weighted by Crippen LogP contribution is -1.81. The van der Waals surface area contributed by atoms with Crippen LogP contribution in [0.2, 0.25) is 10.3 Å². The van der Waals surface area contributed by atoms with E-state index in [0.29, 0.717) is 10.7 Å². The predicted molar refractivity (Wildman–Crippen MR) is 47.5 cm³/mol. The molecule has 0 amide bonds. The van der Waals surface area contributed by atoms with E-state index >= 15 is 0 Å². The van der Waals surface area contributed by atoms with Crippen LogP contribution in [-0.4, -0.2) is 15.1 Å². The van der Waals surface area contributed by atoms with Crippen molar-refractivity contribution in [3.05, 3.63) is 28.6 Å². The van der Waals surface area contributed by atoms with E-state index in [1.165, 1.54) is 6.20 Å². The van der Waals surface area contributed by atoms with Crippen LogP contribution in [0.15, 0.2) is 22.9 Å². The van der Waals surface area contributed by atoms with E-state index in [1.54, 1.807) is 12.1 Å². The molecule has 2 heterocycles. The monoisotopic (exact) mass is 215 g/mol. The van der Waals surface area contributed by atoms with Crippen LogP contribution in [0.5, 0.6) is 0 Å². The summed E-state index contributed by atoms with van der Waals surface area (Å²) < 4.78 is 4.79. The molecule has 66 valence electrons. The molecule has 0 spiro atoms. The van der Waals surface area contributed by atoms with Gasteiger partial charge < -0.3 is 4.52 Å². The lowest BCUT2D eigenvalue weighted by molar-refractivity contribution is 0.429. The van der Waals surface area contributed by atoms with Crippen molar-refractivity contribution in [2.75, 3.05) is 0 Å². The maximum absolute atomic E-state index is 5.65. The maximum atomic E-state index is 5.65. The van der Waals surface area contributed by atoms with Crippen molar-refractivity contribution >= 4 is 23.2 Å². The summed E-state index contributed by atoms with van der Waals surface area (Å²) in [5, 5.41) is 4.03. The molecule has 0 bridgehead atoms. The molecule has 4 nitrogen and oxygen atoms in total. The van der Waals surface area contributed by atoms with Crippen molar-refractivity contribution in [1.29, 1.82) is 0 Å². The minimum atomic E-state index is 0.0618. The fraction of sp³-hybridized carbons (Fsp3) is 0. The smallest absolute Gasteiger partial charge is 0.277 e. The van der Waals surface area contributed by atoms with E-state index < -0.39 is 0 Å². The van der Waals surface area contributed by atoms with Gasteiger partial charge in [0.05, 0.1) is 5.02 Å². The molecule has 0 aromatic carbocycles. The van der Waals surface area contributed by atoms with E-state index in [-0.39, 0.29) is 11.2 Å². The second-order valence-corrected chi connectivity index (χ2v) is 3.00. The molecule has 6 heteroatoms. The fourth-order valence-corrected chi connectivity index (χ4v) is 1.03. The zero-order valence-corrected chi connectivity index (χ0v) is 7.75. The van der Waals surface area contributed by atoms with Crippen molar-refractivity contribution in [2.24, 2.45) is 0 Å². The van der Waals surface area contributed by atoms with Crippen LogP contribution in [0.25, 0.3) is 11.6 Å². The Balaban J connectivity index is 2.41. The van der Waals surface area contributed by atoms with Gasteiger partial charge in [-0.15, -0.1) is 0 Å². The summed E-state index contributed by atoms with van der Waals surface area (Å²) in [5.74, 6) is 0.279. The number of halogens is 2. The summed E-state index contributed by atoms with van der Waals surface area (Å²) in [6, 6.07) is 3.36. The first-order valence-electron chi connectivity index (χ1n) is 3.37. The second-order valence-electron chi connectivity index (χ2n) is 2.23. The lowest BCUT2D eigenvalue weighted by atomic mass is 10.3. The number of pyridine rings is 1. The van der Waals surface area contributed by atoms with Crippen LogP contribution in [0.3, 0.4) is 0 Å². The molecule has 0 aliphatic carbocycles. The quantitative estimate of drug-likeness (QED) is 0.734. The van der Waals surface area contributed by atoms with E-state index in [2.05, 4.69) is 15.1 Å². The van der Waals surface area contributed by atoms with Crippen molar-refractivity contribution in [3.63, 3.8) is 0 Å². The third-order valence-electron chi connectivity index (χ3n) is 1.35. The van der Waals surface area contributed by atoms with Gasteiger partial charge >= 0.3 is 0 Å². The standard InChI is InChI=1S/C7H3Cl2N3O/c8-4-1-2-5(10-3-4)6-11-7(9)12-13-6/h1-3H. The van der Waals surface area contributed by atoms with E-state index in [4.69, 9.17) is 27.7 Å². The first-order chi connectivity index (χ1) is 6.25. The van der Waals surface area contributed by atoms with E-state index in [0.717, 1.165) is 0 Å². The normalized spacial score (nSPS) is 10.3. The number of nitrogens with zero attached hydrogens (tertiary/aromatic N) is 3. The van der Waals surface area contributed by atoms with Gasteiger partial charge in [-0.25, -0.2) is 4.98 Å². The molecule has 2 aromatic heterocycles. The number of hydrogen-bond acceptors (Lipinski definition) is 4. The topological polar surface area (TPSA) is 51.8 Å². The molecule has 2 rings (SSSR count). The Morgan fingerprint density at radius 3 is 2.62 bits per heavy atom. The summed E-state index contributed by atoms with van der Waals surface area (Å²) in [6.45, 7) is 0. The van der Waals surface area contributed by atoms with Gasteiger partial charge in [0.25, 0.3) is 11.2 Å². The van der Waals surface area contributed by atoms with Gasteiger partial charge in [0.15, 0.2) is 0 Å². The minimum Gasteiger partial charge on any atom is -0.331 e. The number of aromatic nitrogens is 3. The Kier molecular flexibility index (Phi) is 2.16. The molecule has 2 aromatic rings. The van der Waals surface area contributed by atoms with E-state index in [1.807, 2.05) is 0 Å². The summed E-state index contributed by atoms with van der Waals surface area (Å²) in [6.07, 6.45) is 1.50. The predicted octanol–water partition coefficient (Wildman–Crippen LogP) is 2.44. The SMILES string of the molecule is Clc1ccc(-c2nc(Cl)no2)nc1. The van der Waals surface area contributed by atoms with Crippen LogP contribution in [-0.2, 0) is 0 Å². The molecule has 0 atom stereocenters. The van der Waals surface area contributed by atoms with E-state index in [9.17, 15) is 0 Å². The highest BCUT2D eigenvalue weighted by atomic mass is 35.5. The molecule has 0 radical (unpaired) electrons. The van der Waals surface area contributed by atoms with Gasteiger partial charge in [-0.1, -0.05) is 11.6 Å². The third kappa shape index (κ3) is 1.79. The molecule has 0 unspecified atom stereocenters. The third-order valence-corrected chi connectivity index (χ3v) is 1.72. The fourth-order valence-electron chi connectivity index (χ4n) is 0.812. The molecule has 0 N–H and O–H groups in total. The Morgan fingerprint density at radius 2 is 2.08 bits per heavy atom. The molecule has 13 heavy (non-hydrogen) atoms. The molecular formula is C7H3Cl2N3O. The van der Waals surface area contributed by atoms with Gasteiger partial charge in [0.2, 0.25) is 0 Å². The van der Waals surface area contributed by atoms with Crippen LogP contribution in [0.4, 0.5) is 0 Å². The van der Waals surface area contributed by atoms with Crippen molar-refractivity contribution in [2.45, 2.75) is 0 Å². The first-order valence-corrected chi connectivity index (χ1v) is 4.12. The maximum Gasteiger partial charge on any atom is 0.277 e. The summed E-state index contributed by atoms with van der Waals surface area (Å²) >= 11 is 11.1. The number of hydrogen-bond donors (Lipinski definition) is 0. The van der Waals surface area contributed by atoms with Crippen molar-refractivity contribution in [1.82, 2.24) is 15.1 Å². The largest absolute Gasteiger partial charge is 0.331 e. The average molecular weight is 216 g/mol. The molecule has 0 saturated heterocycles. The molecule has 0 aliphatic heterocycles. The highest BCUT2D eigenvalue weighted by Gasteiger charge is 2.07. The highest BCUT2D eigenvalue weighted by Crippen LogP contribution is 2.17. The molecule has 0 fully saturated rings. The van der Waals surface area contributed by atoms with Gasteiger partial charge in [0.1, 0.15) is 5.69 Å². The summed E-state index contributed by atoms with van der Waals surface area (Å²) in [7, 11) is 0. The Bertz CT molecular complexity index is 412. The summed E-state index contributed by atoms with van der Waals surface area (Å²) in [5.41, 5.74) is 0.545. The Morgan fingerprint density at radius 1 is 1.23 bits per heavy atom. The lowest BCUT2D eigenvalue weighted by Gasteiger charge is -1.91. The Labute approximate surface area is 83.5 Å². The molecule has 0 saturated carbocycles. The summed E-state index contributed by atoms with van der Waals surface area (Å²) in [4.78, 5) is 7.77. The zero-order valence-electron chi connectivity index (χ0n) is 6.24. The van der Waals surface area contributed by atoms with Crippen LogP contribution in [0, 0.1) is 0 Å². The Hall–Kier alpha value is -1.13. The zero-order chi connectivity index (χ0) is 9.26. The highest BCUT2D eigenvalue weighted by molar-refractivity contribution is 6.30.